The third-order valence-electron chi connectivity index (χ3n) is 7.10. The average molecular weight is 493 g/mol. The Morgan fingerprint density at radius 1 is 1.06 bits per heavy atom. The number of ether oxygens (including phenoxy) is 2. The predicted molar refractivity (Wildman–Crippen MR) is 137 cm³/mol. The Bertz CT molecular complexity index is 1340. The number of fused-ring (bicyclic) bond motifs is 1. The third kappa shape index (κ3) is 5.05. The van der Waals surface area contributed by atoms with Crippen molar-refractivity contribution in [2.45, 2.75) is 39.2 Å². The van der Waals surface area contributed by atoms with E-state index in [9.17, 15) is 14.4 Å². The Morgan fingerprint density at radius 3 is 2.53 bits per heavy atom. The van der Waals surface area contributed by atoms with Gasteiger partial charge in [0.15, 0.2) is 5.69 Å². The van der Waals surface area contributed by atoms with Crippen LogP contribution in [-0.4, -0.2) is 48.4 Å². The lowest BCUT2D eigenvalue weighted by Gasteiger charge is -2.34. The van der Waals surface area contributed by atoms with E-state index in [0.29, 0.717) is 39.8 Å². The van der Waals surface area contributed by atoms with Crippen molar-refractivity contribution in [3.8, 4) is 17.2 Å². The van der Waals surface area contributed by atoms with Crippen LogP contribution in [0.5, 0.6) is 11.5 Å². The van der Waals surface area contributed by atoms with Crippen LogP contribution in [0, 0.1) is 11.8 Å². The summed E-state index contributed by atoms with van der Waals surface area (Å²) in [6.45, 7) is 4.17. The molecular formula is C27H32N4O5. The summed E-state index contributed by atoms with van der Waals surface area (Å²) in [6.07, 6.45) is 3.18. The summed E-state index contributed by atoms with van der Waals surface area (Å²) in [5, 5.41) is 10.8. The van der Waals surface area contributed by atoms with Crippen LogP contribution in [-0.2, 0) is 4.79 Å². The number of aromatic nitrogens is 2. The topological polar surface area (TPSA) is 112 Å². The van der Waals surface area contributed by atoms with Crippen LogP contribution in [0.25, 0.3) is 16.5 Å². The second-order valence-corrected chi connectivity index (χ2v) is 9.27. The molecule has 0 saturated heterocycles. The molecule has 0 spiro atoms. The minimum Gasteiger partial charge on any atom is -0.497 e. The second kappa shape index (κ2) is 10.8. The zero-order valence-electron chi connectivity index (χ0n) is 21.0. The van der Waals surface area contributed by atoms with E-state index >= 15 is 0 Å². The molecule has 1 fully saturated rings. The minimum atomic E-state index is -0.548. The predicted octanol–water partition coefficient (Wildman–Crippen LogP) is 3.07. The van der Waals surface area contributed by atoms with Crippen molar-refractivity contribution in [1.29, 1.82) is 0 Å². The van der Waals surface area contributed by atoms with Crippen molar-refractivity contribution in [3.63, 3.8) is 0 Å². The summed E-state index contributed by atoms with van der Waals surface area (Å²) in [5.41, 5.74) is 0.000505. The first-order valence-corrected chi connectivity index (χ1v) is 12.2. The van der Waals surface area contributed by atoms with E-state index in [4.69, 9.17) is 9.47 Å². The van der Waals surface area contributed by atoms with E-state index in [1.54, 1.807) is 42.5 Å². The maximum Gasteiger partial charge on any atom is 0.279 e. The Balaban J connectivity index is 1.62. The van der Waals surface area contributed by atoms with Gasteiger partial charge < -0.3 is 20.1 Å². The van der Waals surface area contributed by atoms with Gasteiger partial charge in [-0.05, 0) is 36.5 Å². The first-order valence-electron chi connectivity index (χ1n) is 12.2. The van der Waals surface area contributed by atoms with Crippen molar-refractivity contribution in [2.24, 2.45) is 11.8 Å². The standard InChI is InChI=1S/C27H32N4O5/c1-16-8-7-11-21(17(16)2)29-24(32)15-28-26(33)25-19-9-5-6-10-20(19)27(34)31(30-25)22-13-12-18(35-3)14-23(22)36-4/h5-6,9-10,12-14,16-17,21H,7-8,11,15H2,1-4H3,(H,28,33)(H,29,32)/t16-,17+,21-/m1/s1. The monoisotopic (exact) mass is 492 g/mol. The molecule has 36 heavy (non-hydrogen) atoms. The van der Waals surface area contributed by atoms with Gasteiger partial charge in [-0.15, -0.1) is 0 Å². The van der Waals surface area contributed by atoms with Gasteiger partial charge in [-0.1, -0.05) is 44.9 Å². The number of nitrogens with zero attached hydrogens (tertiary/aromatic N) is 2. The van der Waals surface area contributed by atoms with Crippen molar-refractivity contribution < 1.29 is 19.1 Å². The molecule has 3 atom stereocenters. The first-order chi connectivity index (χ1) is 17.3. The Hall–Kier alpha value is -3.88. The molecule has 0 radical (unpaired) electrons. The number of hydrogen-bond donors (Lipinski definition) is 2. The van der Waals surface area contributed by atoms with Gasteiger partial charge in [0.25, 0.3) is 11.5 Å². The van der Waals surface area contributed by atoms with Crippen molar-refractivity contribution in [1.82, 2.24) is 20.4 Å². The number of carbonyl (C=O) groups is 2. The lowest BCUT2D eigenvalue weighted by atomic mass is 9.78. The molecule has 1 heterocycles. The van der Waals surface area contributed by atoms with Crippen LogP contribution in [0.2, 0.25) is 0 Å². The summed E-state index contributed by atoms with van der Waals surface area (Å²) in [4.78, 5) is 39.1. The van der Waals surface area contributed by atoms with Gasteiger partial charge in [0, 0.05) is 17.5 Å². The largest absolute Gasteiger partial charge is 0.497 e. The maximum atomic E-state index is 13.3. The molecule has 3 aromatic rings. The van der Waals surface area contributed by atoms with Gasteiger partial charge in [-0.25, -0.2) is 0 Å². The fourth-order valence-electron chi connectivity index (χ4n) is 4.77. The lowest BCUT2D eigenvalue weighted by molar-refractivity contribution is -0.121. The molecule has 190 valence electrons. The van der Waals surface area contributed by atoms with Crippen LogP contribution >= 0.6 is 0 Å². The molecule has 0 unspecified atom stereocenters. The van der Waals surface area contributed by atoms with E-state index < -0.39 is 11.5 Å². The van der Waals surface area contributed by atoms with Gasteiger partial charge in [-0.2, -0.15) is 9.78 Å². The quantitative estimate of drug-likeness (QED) is 0.524. The summed E-state index contributed by atoms with van der Waals surface area (Å²) in [5.74, 6) is 1.05. The molecule has 1 aromatic heterocycles. The molecule has 4 rings (SSSR count). The van der Waals surface area contributed by atoms with Crippen LogP contribution in [0.1, 0.15) is 43.6 Å². The summed E-state index contributed by atoms with van der Waals surface area (Å²) < 4.78 is 11.8. The third-order valence-corrected chi connectivity index (χ3v) is 7.10. The van der Waals surface area contributed by atoms with Crippen LogP contribution in [0.4, 0.5) is 0 Å². The molecule has 2 amide bonds. The van der Waals surface area contributed by atoms with Crippen LogP contribution < -0.4 is 25.7 Å². The fraction of sp³-hybridized carbons (Fsp3) is 0.407. The molecule has 0 bridgehead atoms. The second-order valence-electron chi connectivity index (χ2n) is 9.27. The van der Waals surface area contributed by atoms with Crippen LogP contribution in [0.3, 0.4) is 0 Å². The Kier molecular flexibility index (Phi) is 7.57. The Morgan fingerprint density at radius 2 is 1.81 bits per heavy atom. The number of amides is 2. The maximum absolute atomic E-state index is 13.3. The number of methoxy groups -OCH3 is 2. The van der Waals surface area contributed by atoms with Crippen LogP contribution in [0.15, 0.2) is 47.3 Å². The molecule has 1 saturated carbocycles. The first kappa shape index (κ1) is 25.2. The van der Waals surface area contributed by atoms with Gasteiger partial charge in [0.1, 0.15) is 17.2 Å². The van der Waals surface area contributed by atoms with Crippen molar-refractivity contribution >= 4 is 22.6 Å². The average Bonchev–Trinajstić information content (AvgIpc) is 2.90. The van der Waals surface area contributed by atoms with E-state index in [-0.39, 0.29) is 24.2 Å². The smallest absolute Gasteiger partial charge is 0.279 e. The molecule has 0 aliphatic heterocycles. The SMILES string of the molecule is COc1ccc(-n2nc(C(=O)NCC(=O)N[C@@H]3CCC[C@@H](C)[C@@H]3C)c3ccccc3c2=O)c(OC)c1. The number of rotatable bonds is 7. The Labute approximate surface area is 209 Å². The minimum absolute atomic E-state index is 0.0375. The molecular weight excluding hydrogens is 460 g/mol. The summed E-state index contributed by atoms with van der Waals surface area (Å²) in [7, 11) is 3.01. The molecule has 1 aliphatic rings. The van der Waals surface area contributed by atoms with Crippen molar-refractivity contribution in [3.05, 3.63) is 58.5 Å². The highest BCUT2D eigenvalue weighted by atomic mass is 16.5. The van der Waals surface area contributed by atoms with Crippen molar-refractivity contribution in [2.75, 3.05) is 20.8 Å². The highest BCUT2D eigenvalue weighted by Crippen LogP contribution is 2.29. The molecule has 1 aliphatic carbocycles. The number of benzene rings is 2. The van der Waals surface area contributed by atoms with Gasteiger partial charge in [0.2, 0.25) is 5.91 Å². The highest BCUT2D eigenvalue weighted by molar-refractivity contribution is 6.05. The number of carbonyl (C=O) groups excluding carboxylic acids is 2. The zero-order chi connectivity index (χ0) is 25.8. The molecule has 9 heteroatoms. The molecule has 2 aromatic carbocycles. The van der Waals surface area contributed by atoms with E-state index in [0.717, 1.165) is 23.9 Å². The summed E-state index contributed by atoms with van der Waals surface area (Å²) >= 11 is 0. The lowest BCUT2D eigenvalue weighted by Crippen LogP contribution is -2.47. The summed E-state index contributed by atoms with van der Waals surface area (Å²) in [6, 6.07) is 11.8. The number of nitrogens with one attached hydrogen (secondary N) is 2. The van der Waals surface area contributed by atoms with Gasteiger partial charge in [-0.3, -0.25) is 14.4 Å². The van der Waals surface area contributed by atoms with Gasteiger partial charge in [0.05, 0.1) is 26.2 Å². The normalized spacial score (nSPS) is 19.5. The zero-order valence-corrected chi connectivity index (χ0v) is 21.0. The van der Waals surface area contributed by atoms with E-state index in [1.165, 1.54) is 14.2 Å². The molecule has 9 nitrogen and oxygen atoms in total. The number of hydrogen-bond acceptors (Lipinski definition) is 6. The van der Waals surface area contributed by atoms with Gasteiger partial charge >= 0.3 is 0 Å². The highest BCUT2D eigenvalue weighted by Gasteiger charge is 2.28. The fourth-order valence-corrected chi connectivity index (χ4v) is 4.77. The molecule has 2 N–H and O–H groups in total. The van der Waals surface area contributed by atoms with E-state index in [1.807, 2.05) is 0 Å². The van der Waals surface area contributed by atoms with E-state index in [2.05, 4.69) is 29.6 Å².